The fraction of sp³-hybridized carbons (Fsp3) is 0.0800. The topological polar surface area (TPSA) is 63.6 Å². The molecule has 146 valence electrons. The molecule has 5 aromatic rings. The molecular weight excluding hydrogens is 372 g/mol. The minimum absolute atomic E-state index is 0.0719. The molecule has 0 spiro atoms. The van der Waals surface area contributed by atoms with E-state index in [0.717, 1.165) is 33.3 Å². The summed E-state index contributed by atoms with van der Waals surface area (Å²) in [6.45, 7) is 4.03. The maximum Gasteiger partial charge on any atom is 0.266 e. The maximum atomic E-state index is 13.5. The first-order valence-electron chi connectivity index (χ1n) is 9.82. The highest BCUT2D eigenvalue weighted by Crippen LogP contribution is 2.22. The molecule has 0 saturated carbocycles. The highest BCUT2D eigenvalue weighted by atomic mass is 16.1. The van der Waals surface area contributed by atoms with Gasteiger partial charge in [0, 0.05) is 10.9 Å². The number of hydrogen-bond donors (Lipinski definition) is 1. The highest BCUT2D eigenvalue weighted by molar-refractivity contribution is 5.89. The Balaban J connectivity index is 1.79. The van der Waals surface area contributed by atoms with E-state index in [2.05, 4.69) is 10.2 Å². The Hall–Kier alpha value is -3.99. The van der Waals surface area contributed by atoms with E-state index in [1.807, 2.05) is 86.7 Å². The zero-order valence-electron chi connectivity index (χ0n) is 16.8. The summed E-state index contributed by atoms with van der Waals surface area (Å²) in [4.78, 5) is 18.3. The number of H-pyrrole nitrogens is 1. The fourth-order valence-electron chi connectivity index (χ4n) is 3.93. The van der Waals surface area contributed by atoms with Gasteiger partial charge in [-0.1, -0.05) is 48.5 Å². The second-order valence-electron chi connectivity index (χ2n) is 7.38. The van der Waals surface area contributed by atoms with Crippen molar-refractivity contribution in [3.63, 3.8) is 0 Å². The van der Waals surface area contributed by atoms with Crippen LogP contribution in [-0.2, 0) is 0 Å². The van der Waals surface area contributed by atoms with Gasteiger partial charge in [-0.15, -0.1) is 0 Å². The van der Waals surface area contributed by atoms with Gasteiger partial charge in [-0.05, 0) is 49.3 Å². The van der Waals surface area contributed by atoms with Gasteiger partial charge in [-0.3, -0.25) is 14.5 Å². The molecule has 0 aliphatic rings. The molecule has 0 bridgehead atoms. The molecule has 5 heteroatoms. The van der Waals surface area contributed by atoms with Crippen LogP contribution in [0.15, 0.2) is 71.7 Å². The average molecular weight is 392 g/mol. The maximum absolute atomic E-state index is 13.5. The van der Waals surface area contributed by atoms with Gasteiger partial charge in [0.1, 0.15) is 5.82 Å². The van der Waals surface area contributed by atoms with E-state index in [1.54, 1.807) is 10.8 Å². The normalized spacial score (nSPS) is 11.7. The summed E-state index contributed by atoms with van der Waals surface area (Å²) in [6.07, 6.45) is 5.67. The number of aryl methyl sites for hydroxylation is 2. The number of rotatable bonds is 3. The SMILES string of the molecule is Cc1cccc(C)c1-n1c(/C=C/c2cccc3cn[nH]c23)nc2ccccc2c1=O. The van der Waals surface area contributed by atoms with Crippen LogP contribution in [0.5, 0.6) is 0 Å². The smallest absolute Gasteiger partial charge is 0.266 e. The van der Waals surface area contributed by atoms with Crippen molar-refractivity contribution in [3.8, 4) is 5.69 Å². The standard InChI is InChI=1S/C25H20N4O/c1-16-7-5-8-17(2)24(16)29-22(27-21-12-4-3-11-20(21)25(29)30)14-13-18-9-6-10-19-15-26-28-23(18)19/h3-15H,1-2H3,(H,26,28)/b14-13+. The van der Waals surface area contributed by atoms with Crippen molar-refractivity contribution in [1.82, 2.24) is 19.7 Å². The van der Waals surface area contributed by atoms with E-state index >= 15 is 0 Å². The summed E-state index contributed by atoms with van der Waals surface area (Å²) in [5.74, 6) is 0.590. The number of aromatic amines is 1. The number of benzene rings is 3. The molecule has 0 aliphatic heterocycles. The van der Waals surface area contributed by atoms with Crippen LogP contribution in [0, 0.1) is 13.8 Å². The quantitative estimate of drug-likeness (QED) is 0.467. The summed E-state index contributed by atoms with van der Waals surface area (Å²) in [5, 5.41) is 8.81. The second-order valence-corrected chi connectivity index (χ2v) is 7.38. The van der Waals surface area contributed by atoms with Crippen LogP contribution >= 0.6 is 0 Å². The third kappa shape index (κ3) is 2.92. The Kier molecular flexibility index (Phi) is 4.29. The van der Waals surface area contributed by atoms with E-state index in [-0.39, 0.29) is 5.56 Å². The Labute approximate surface area is 173 Å². The third-order valence-electron chi connectivity index (χ3n) is 5.39. The molecule has 0 unspecified atom stereocenters. The summed E-state index contributed by atoms with van der Waals surface area (Å²) < 4.78 is 1.72. The van der Waals surface area contributed by atoms with Crippen LogP contribution in [-0.4, -0.2) is 19.7 Å². The van der Waals surface area contributed by atoms with Crippen LogP contribution in [0.4, 0.5) is 0 Å². The largest absolute Gasteiger partial charge is 0.277 e. The molecule has 1 N–H and O–H groups in total. The first kappa shape index (κ1) is 18.1. The molecular formula is C25H20N4O. The number of nitrogens with zero attached hydrogens (tertiary/aromatic N) is 3. The first-order chi connectivity index (χ1) is 14.6. The van der Waals surface area contributed by atoms with Gasteiger partial charge in [0.05, 0.1) is 28.3 Å². The van der Waals surface area contributed by atoms with Crippen molar-refractivity contribution in [1.29, 1.82) is 0 Å². The number of fused-ring (bicyclic) bond motifs is 2. The molecule has 0 radical (unpaired) electrons. The van der Waals surface area contributed by atoms with Crippen molar-refractivity contribution < 1.29 is 0 Å². The highest BCUT2D eigenvalue weighted by Gasteiger charge is 2.14. The monoisotopic (exact) mass is 392 g/mol. The number of nitrogens with one attached hydrogen (secondary N) is 1. The van der Waals surface area contributed by atoms with Gasteiger partial charge in [-0.2, -0.15) is 5.10 Å². The van der Waals surface area contributed by atoms with Crippen LogP contribution in [0.1, 0.15) is 22.5 Å². The average Bonchev–Trinajstić information content (AvgIpc) is 3.23. The fourth-order valence-corrected chi connectivity index (χ4v) is 3.93. The van der Waals surface area contributed by atoms with E-state index in [1.165, 1.54) is 0 Å². The van der Waals surface area contributed by atoms with Gasteiger partial charge in [0.25, 0.3) is 5.56 Å². The molecule has 0 saturated heterocycles. The summed E-state index contributed by atoms with van der Waals surface area (Å²) in [5.41, 5.74) is 5.48. The second kappa shape index (κ2) is 7.12. The Morgan fingerprint density at radius 1 is 0.900 bits per heavy atom. The lowest BCUT2D eigenvalue weighted by Gasteiger charge is -2.16. The van der Waals surface area contributed by atoms with E-state index in [0.29, 0.717) is 16.7 Å². The molecule has 30 heavy (non-hydrogen) atoms. The van der Waals surface area contributed by atoms with Gasteiger partial charge in [-0.25, -0.2) is 4.98 Å². The van der Waals surface area contributed by atoms with Crippen molar-refractivity contribution in [2.24, 2.45) is 0 Å². The van der Waals surface area contributed by atoms with E-state index < -0.39 is 0 Å². The van der Waals surface area contributed by atoms with Gasteiger partial charge >= 0.3 is 0 Å². The van der Waals surface area contributed by atoms with Crippen molar-refractivity contribution in [2.45, 2.75) is 13.8 Å². The van der Waals surface area contributed by atoms with Gasteiger partial charge in [0.2, 0.25) is 0 Å². The molecule has 0 aliphatic carbocycles. The van der Waals surface area contributed by atoms with Gasteiger partial charge in [0.15, 0.2) is 0 Å². The minimum atomic E-state index is -0.0719. The number of aromatic nitrogens is 4. The molecule has 0 atom stereocenters. The molecule has 3 aromatic carbocycles. The van der Waals surface area contributed by atoms with Crippen molar-refractivity contribution in [2.75, 3.05) is 0 Å². The van der Waals surface area contributed by atoms with Crippen LogP contribution in [0.25, 0.3) is 39.6 Å². The predicted octanol–water partition coefficient (Wildman–Crippen LogP) is 5.05. The lowest BCUT2D eigenvalue weighted by atomic mass is 10.1. The molecule has 0 amide bonds. The predicted molar refractivity (Wildman–Crippen MR) is 122 cm³/mol. The first-order valence-corrected chi connectivity index (χ1v) is 9.82. The molecule has 0 fully saturated rings. The van der Waals surface area contributed by atoms with Crippen molar-refractivity contribution >= 4 is 34.0 Å². The lowest BCUT2D eigenvalue weighted by molar-refractivity contribution is 0.924. The lowest BCUT2D eigenvalue weighted by Crippen LogP contribution is -2.23. The Bertz CT molecular complexity index is 1470. The molecule has 5 nitrogen and oxygen atoms in total. The Morgan fingerprint density at radius 3 is 2.50 bits per heavy atom. The zero-order valence-corrected chi connectivity index (χ0v) is 16.8. The zero-order chi connectivity index (χ0) is 20.7. The Morgan fingerprint density at radius 2 is 1.67 bits per heavy atom. The molecule has 2 heterocycles. The minimum Gasteiger partial charge on any atom is -0.277 e. The summed E-state index contributed by atoms with van der Waals surface area (Å²) >= 11 is 0. The van der Waals surface area contributed by atoms with Crippen LogP contribution < -0.4 is 5.56 Å². The third-order valence-corrected chi connectivity index (χ3v) is 5.39. The van der Waals surface area contributed by atoms with E-state index in [4.69, 9.17) is 4.98 Å². The number of para-hydroxylation sites is 3. The van der Waals surface area contributed by atoms with Crippen molar-refractivity contribution in [3.05, 3.63) is 99.7 Å². The molecule has 5 rings (SSSR count). The van der Waals surface area contributed by atoms with Crippen LogP contribution in [0.2, 0.25) is 0 Å². The van der Waals surface area contributed by atoms with Crippen LogP contribution in [0.3, 0.4) is 0 Å². The summed E-state index contributed by atoms with van der Waals surface area (Å²) in [6, 6.07) is 19.5. The molecule has 2 aromatic heterocycles. The summed E-state index contributed by atoms with van der Waals surface area (Å²) in [7, 11) is 0. The van der Waals surface area contributed by atoms with Gasteiger partial charge < -0.3 is 0 Å². The number of hydrogen-bond acceptors (Lipinski definition) is 3. The van der Waals surface area contributed by atoms with E-state index in [9.17, 15) is 4.79 Å².